The van der Waals surface area contributed by atoms with Crippen LogP contribution in [0.3, 0.4) is 0 Å². The molecular weight excluding hydrogens is 328 g/mol. The average Bonchev–Trinajstić information content (AvgIpc) is 2.60. The molecule has 0 aliphatic rings. The number of rotatable bonds is 18. The monoisotopic (exact) mass is 368 g/mol. The summed E-state index contributed by atoms with van der Waals surface area (Å²) in [6.45, 7) is 4.35. The van der Waals surface area contributed by atoms with Gasteiger partial charge in [-0.15, -0.1) is 0 Å². The third-order valence-corrected chi connectivity index (χ3v) is 4.47. The maximum atomic E-state index is 12.1. The van der Waals surface area contributed by atoms with Gasteiger partial charge in [0.1, 0.15) is 6.10 Å². The average molecular weight is 369 g/mol. The minimum absolute atomic E-state index is 0.0856. The van der Waals surface area contributed by atoms with Crippen LogP contribution in [0.25, 0.3) is 0 Å². The van der Waals surface area contributed by atoms with Crippen LogP contribution in [0.5, 0.6) is 0 Å². The van der Waals surface area contributed by atoms with E-state index >= 15 is 0 Å². The number of ether oxygens (including phenoxy) is 1. The van der Waals surface area contributed by atoms with Gasteiger partial charge in [0.15, 0.2) is 0 Å². The first-order valence-corrected chi connectivity index (χ1v) is 10.7. The van der Waals surface area contributed by atoms with Gasteiger partial charge in [0.25, 0.3) is 0 Å². The van der Waals surface area contributed by atoms with Crippen LogP contribution in [0.15, 0.2) is 12.2 Å². The molecule has 0 fully saturated rings. The van der Waals surface area contributed by atoms with Crippen molar-refractivity contribution in [3.05, 3.63) is 12.2 Å². The Morgan fingerprint density at radius 2 is 1.46 bits per heavy atom. The van der Waals surface area contributed by atoms with Crippen LogP contribution in [-0.2, 0) is 14.3 Å². The van der Waals surface area contributed by atoms with Gasteiger partial charge in [-0.05, 0) is 38.2 Å². The molecule has 0 amide bonds. The van der Waals surface area contributed by atoms with Crippen LogP contribution in [-0.4, -0.2) is 23.1 Å². The molecule has 4 nitrogen and oxygen atoms in total. The second kappa shape index (κ2) is 18.5. The summed E-state index contributed by atoms with van der Waals surface area (Å²) in [5.74, 6) is -0.813. The maximum absolute atomic E-state index is 12.1. The zero-order chi connectivity index (χ0) is 19.5. The van der Waals surface area contributed by atoms with E-state index in [0.29, 0.717) is 6.42 Å². The molecule has 0 aromatic heterocycles. The molecule has 1 N–H and O–H groups in total. The fourth-order valence-electron chi connectivity index (χ4n) is 2.84. The van der Waals surface area contributed by atoms with Crippen molar-refractivity contribution in [3.8, 4) is 0 Å². The first kappa shape index (κ1) is 24.7. The third-order valence-electron chi connectivity index (χ3n) is 4.47. The second-order valence-electron chi connectivity index (χ2n) is 7.11. The highest BCUT2D eigenvalue weighted by molar-refractivity contribution is 5.69. The number of unbranched alkanes of at least 4 members (excludes halogenated alkanes) is 9. The number of carboxylic acids is 1. The quantitative estimate of drug-likeness (QED) is 0.172. The van der Waals surface area contributed by atoms with Gasteiger partial charge in [0.05, 0.1) is 0 Å². The van der Waals surface area contributed by atoms with Crippen molar-refractivity contribution in [1.82, 2.24) is 0 Å². The summed E-state index contributed by atoms with van der Waals surface area (Å²) in [6.07, 6.45) is 18.2. The summed E-state index contributed by atoms with van der Waals surface area (Å²) >= 11 is 0. The lowest BCUT2D eigenvalue weighted by atomic mass is 10.1. The molecule has 4 heteroatoms. The lowest BCUT2D eigenvalue weighted by Crippen LogP contribution is -2.16. The number of carboxylic acid groups (broad SMARTS) is 1. The van der Waals surface area contributed by atoms with E-state index in [2.05, 4.69) is 19.9 Å². The molecule has 0 heterocycles. The molecule has 0 aromatic carbocycles. The van der Waals surface area contributed by atoms with Crippen molar-refractivity contribution in [2.24, 2.45) is 0 Å². The molecule has 1 atom stereocenters. The lowest BCUT2D eigenvalue weighted by molar-refractivity contribution is -0.147. The minimum atomic E-state index is -0.727. The summed E-state index contributed by atoms with van der Waals surface area (Å²) in [5, 5.41) is 8.65. The Morgan fingerprint density at radius 3 is 2.12 bits per heavy atom. The van der Waals surface area contributed by atoms with Crippen LogP contribution < -0.4 is 0 Å². The van der Waals surface area contributed by atoms with E-state index in [0.717, 1.165) is 64.2 Å². The molecule has 0 aliphatic heterocycles. The van der Waals surface area contributed by atoms with E-state index in [1.807, 2.05) is 6.08 Å². The van der Waals surface area contributed by atoms with Crippen LogP contribution in [0.2, 0.25) is 0 Å². The smallest absolute Gasteiger partial charge is 0.306 e. The zero-order valence-corrected chi connectivity index (χ0v) is 17.0. The molecule has 0 rings (SSSR count). The van der Waals surface area contributed by atoms with Crippen molar-refractivity contribution >= 4 is 11.9 Å². The van der Waals surface area contributed by atoms with Crippen molar-refractivity contribution in [3.63, 3.8) is 0 Å². The Bertz CT molecular complexity index is 376. The fourth-order valence-corrected chi connectivity index (χ4v) is 2.84. The van der Waals surface area contributed by atoms with Crippen LogP contribution in [0.1, 0.15) is 110 Å². The van der Waals surface area contributed by atoms with E-state index in [4.69, 9.17) is 9.84 Å². The summed E-state index contributed by atoms with van der Waals surface area (Å²) < 4.78 is 5.66. The molecule has 0 spiro atoms. The highest BCUT2D eigenvalue weighted by atomic mass is 16.5. The Balaban J connectivity index is 4.09. The van der Waals surface area contributed by atoms with E-state index in [1.54, 1.807) is 0 Å². The molecular formula is C22H40O4. The number of esters is 1. The largest absolute Gasteiger partial charge is 0.481 e. The summed E-state index contributed by atoms with van der Waals surface area (Å²) in [5.41, 5.74) is 0. The van der Waals surface area contributed by atoms with Crippen molar-refractivity contribution in [2.45, 2.75) is 116 Å². The van der Waals surface area contributed by atoms with Crippen LogP contribution in [0, 0.1) is 0 Å². The van der Waals surface area contributed by atoms with Crippen molar-refractivity contribution < 1.29 is 19.4 Å². The van der Waals surface area contributed by atoms with Crippen LogP contribution >= 0.6 is 0 Å². The molecule has 0 saturated heterocycles. The van der Waals surface area contributed by atoms with Crippen molar-refractivity contribution in [1.29, 1.82) is 0 Å². The Morgan fingerprint density at radius 1 is 0.846 bits per heavy atom. The predicted octanol–water partition coefficient (Wildman–Crippen LogP) is 6.43. The Kier molecular flexibility index (Phi) is 17.5. The van der Waals surface area contributed by atoms with Gasteiger partial charge in [-0.2, -0.15) is 0 Å². The zero-order valence-electron chi connectivity index (χ0n) is 17.0. The van der Waals surface area contributed by atoms with Gasteiger partial charge in [0, 0.05) is 12.8 Å². The van der Waals surface area contributed by atoms with E-state index in [-0.39, 0.29) is 18.5 Å². The number of allylic oxidation sites excluding steroid dienone is 1. The normalized spacial score (nSPS) is 12.4. The first-order chi connectivity index (χ1) is 12.6. The predicted molar refractivity (Wildman–Crippen MR) is 107 cm³/mol. The van der Waals surface area contributed by atoms with Gasteiger partial charge in [-0.3, -0.25) is 9.59 Å². The van der Waals surface area contributed by atoms with E-state index in [9.17, 15) is 9.59 Å². The molecule has 0 aliphatic carbocycles. The maximum Gasteiger partial charge on any atom is 0.306 e. The van der Waals surface area contributed by atoms with Crippen molar-refractivity contribution in [2.75, 3.05) is 0 Å². The molecule has 0 saturated carbocycles. The fraction of sp³-hybridized carbons (Fsp3) is 0.818. The van der Waals surface area contributed by atoms with Gasteiger partial charge in [-0.25, -0.2) is 0 Å². The van der Waals surface area contributed by atoms with Gasteiger partial charge >= 0.3 is 11.9 Å². The molecule has 0 radical (unpaired) electrons. The molecule has 1 unspecified atom stereocenters. The lowest BCUT2D eigenvalue weighted by Gasteiger charge is -2.14. The van der Waals surface area contributed by atoms with Crippen LogP contribution in [0.4, 0.5) is 0 Å². The van der Waals surface area contributed by atoms with Gasteiger partial charge in [0.2, 0.25) is 0 Å². The number of hydrogen-bond donors (Lipinski definition) is 1. The summed E-state index contributed by atoms with van der Waals surface area (Å²) in [6, 6.07) is 0. The number of carbonyl (C=O) groups excluding carboxylic acids is 1. The van der Waals surface area contributed by atoms with Gasteiger partial charge < -0.3 is 9.84 Å². The second-order valence-corrected chi connectivity index (χ2v) is 7.11. The first-order valence-electron chi connectivity index (χ1n) is 10.7. The van der Waals surface area contributed by atoms with E-state index in [1.165, 1.54) is 19.3 Å². The highest BCUT2D eigenvalue weighted by Gasteiger charge is 2.11. The molecule has 26 heavy (non-hydrogen) atoms. The molecule has 0 bridgehead atoms. The highest BCUT2D eigenvalue weighted by Crippen LogP contribution is 2.14. The number of hydrogen-bond acceptors (Lipinski definition) is 3. The Labute approximate surface area is 160 Å². The van der Waals surface area contributed by atoms with Gasteiger partial charge in [-0.1, -0.05) is 71.3 Å². The molecule has 0 aromatic rings. The molecule has 152 valence electrons. The number of carbonyl (C=O) groups is 2. The summed E-state index contributed by atoms with van der Waals surface area (Å²) in [7, 11) is 0. The standard InChI is InChI=1S/C22H40O4/c1-3-5-7-9-15-19-22(25)26-20(16-12-8-6-4-2)17-13-10-11-14-18-21(23)24/h12,16,20H,3-11,13-15,17-19H2,1-2H3,(H,23,24)/b16-12-. The van der Waals surface area contributed by atoms with E-state index < -0.39 is 5.97 Å². The topological polar surface area (TPSA) is 63.6 Å². The summed E-state index contributed by atoms with van der Waals surface area (Å²) in [4.78, 5) is 22.6. The number of aliphatic carboxylic acids is 1. The SMILES string of the molecule is CCCC/C=C\C(CCCCCCC(=O)O)OC(=O)CCCCCCC. The third kappa shape index (κ3) is 17.5. The Hall–Kier alpha value is -1.32. The minimum Gasteiger partial charge on any atom is -0.481 e.